The molecule has 0 unspecified atom stereocenters. The Morgan fingerprint density at radius 3 is 2.38 bits per heavy atom. The van der Waals surface area contributed by atoms with Crippen molar-refractivity contribution in [3.63, 3.8) is 0 Å². The second-order valence-electron chi connectivity index (χ2n) is 4.19. The minimum atomic E-state index is 0.209. The van der Waals surface area contributed by atoms with Crippen molar-refractivity contribution in [2.45, 2.75) is 6.61 Å². The lowest BCUT2D eigenvalue weighted by molar-refractivity contribution is 0.270. The average Bonchev–Trinajstić information content (AvgIpc) is 2.52. The smallest absolute Gasteiger partial charge is 0.185 e. The zero-order chi connectivity index (χ0) is 15.2. The van der Waals surface area contributed by atoms with Gasteiger partial charge in [-0.15, -0.1) is 0 Å². The molecule has 1 heterocycles. The number of nitrogens with zero attached hydrogens (tertiary/aromatic N) is 1. The molecule has 1 aromatic carbocycles. The van der Waals surface area contributed by atoms with Crippen molar-refractivity contribution in [1.82, 2.24) is 4.98 Å². The van der Waals surface area contributed by atoms with E-state index in [0.717, 1.165) is 0 Å². The van der Waals surface area contributed by atoms with Crippen molar-refractivity contribution in [1.29, 1.82) is 0 Å². The fraction of sp³-hybridized carbons (Fsp3) is 0.267. The van der Waals surface area contributed by atoms with Gasteiger partial charge in [-0.05, 0) is 12.1 Å². The molecule has 21 heavy (non-hydrogen) atoms. The van der Waals surface area contributed by atoms with Crippen LogP contribution in [-0.4, -0.2) is 26.3 Å². The summed E-state index contributed by atoms with van der Waals surface area (Å²) in [5.74, 6) is 2.30. The first kappa shape index (κ1) is 14.8. The molecule has 0 aliphatic heterocycles. The van der Waals surface area contributed by atoms with Crippen LogP contribution in [-0.2, 0) is 6.61 Å². The highest BCUT2D eigenvalue weighted by atomic mass is 16.5. The number of nitrogens with two attached hydrogens (primary N) is 1. The number of methoxy groups -OCH3 is 3. The van der Waals surface area contributed by atoms with Gasteiger partial charge >= 0.3 is 0 Å². The van der Waals surface area contributed by atoms with Crippen LogP contribution in [0.25, 0.3) is 0 Å². The molecule has 0 aliphatic rings. The van der Waals surface area contributed by atoms with E-state index in [9.17, 15) is 0 Å². The maximum absolute atomic E-state index is 5.76. The van der Waals surface area contributed by atoms with Crippen LogP contribution in [0.4, 0.5) is 5.69 Å². The Bertz CT molecular complexity index is 617. The molecule has 0 saturated carbocycles. The first-order chi connectivity index (χ1) is 10.2. The third-order valence-electron chi connectivity index (χ3n) is 2.92. The number of anilines is 1. The second-order valence-corrected chi connectivity index (χ2v) is 4.19. The molecule has 0 amide bonds. The van der Waals surface area contributed by atoms with E-state index in [0.29, 0.717) is 34.4 Å². The van der Waals surface area contributed by atoms with Crippen LogP contribution in [0.5, 0.6) is 23.0 Å². The van der Waals surface area contributed by atoms with E-state index >= 15 is 0 Å². The fourth-order valence-electron chi connectivity index (χ4n) is 1.91. The summed E-state index contributed by atoms with van der Waals surface area (Å²) in [6, 6.07) is 6.92. The van der Waals surface area contributed by atoms with E-state index in [1.807, 2.05) is 0 Å². The third kappa shape index (κ3) is 3.28. The van der Waals surface area contributed by atoms with Gasteiger partial charge in [0.1, 0.15) is 12.3 Å². The van der Waals surface area contributed by atoms with Gasteiger partial charge in [0.15, 0.2) is 23.0 Å². The van der Waals surface area contributed by atoms with Crippen molar-refractivity contribution < 1.29 is 18.9 Å². The zero-order valence-corrected chi connectivity index (χ0v) is 12.3. The van der Waals surface area contributed by atoms with Crippen LogP contribution in [0.1, 0.15) is 5.69 Å². The first-order valence-corrected chi connectivity index (χ1v) is 6.31. The summed E-state index contributed by atoms with van der Waals surface area (Å²) in [5.41, 5.74) is 6.98. The second kappa shape index (κ2) is 6.69. The summed E-state index contributed by atoms with van der Waals surface area (Å²) in [6.45, 7) is 0.209. The van der Waals surface area contributed by atoms with Crippen molar-refractivity contribution in [2.75, 3.05) is 27.1 Å². The SMILES string of the molecule is COc1ccc(N)cc1OCc1nccc(OC)c1OC. The molecule has 1 aromatic heterocycles. The van der Waals surface area contributed by atoms with Gasteiger partial charge < -0.3 is 24.7 Å². The van der Waals surface area contributed by atoms with Crippen LogP contribution in [0.3, 0.4) is 0 Å². The minimum absolute atomic E-state index is 0.209. The maximum Gasteiger partial charge on any atom is 0.185 e. The van der Waals surface area contributed by atoms with Gasteiger partial charge in [0.05, 0.1) is 21.3 Å². The number of aromatic nitrogens is 1. The zero-order valence-electron chi connectivity index (χ0n) is 12.3. The molecule has 0 bridgehead atoms. The highest BCUT2D eigenvalue weighted by Crippen LogP contribution is 2.32. The third-order valence-corrected chi connectivity index (χ3v) is 2.92. The van der Waals surface area contributed by atoms with Gasteiger partial charge in [-0.2, -0.15) is 0 Å². The fourth-order valence-corrected chi connectivity index (χ4v) is 1.91. The van der Waals surface area contributed by atoms with E-state index in [-0.39, 0.29) is 6.61 Å². The summed E-state index contributed by atoms with van der Waals surface area (Å²) < 4.78 is 21.5. The molecule has 2 aromatic rings. The van der Waals surface area contributed by atoms with Crippen LogP contribution < -0.4 is 24.7 Å². The molecule has 2 N–H and O–H groups in total. The van der Waals surface area contributed by atoms with Crippen molar-refractivity contribution in [3.05, 3.63) is 36.2 Å². The lowest BCUT2D eigenvalue weighted by Gasteiger charge is -2.14. The molecule has 0 atom stereocenters. The summed E-state index contributed by atoms with van der Waals surface area (Å²) in [7, 11) is 4.70. The van der Waals surface area contributed by atoms with E-state index in [1.165, 1.54) is 0 Å². The Kier molecular flexibility index (Phi) is 4.71. The number of benzene rings is 1. The monoisotopic (exact) mass is 290 g/mol. The molecule has 6 nitrogen and oxygen atoms in total. The highest BCUT2D eigenvalue weighted by molar-refractivity contribution is 5.52. The van der Waals surface area contributed by atoms with E-state index in [1.54, 1.807) is 51.8 Å². The Morgan fingerprint density at radius 2 is 1.71 bits per heavy atom. The van der Waals surface area contributed by atoms with Crippen molar-refractivity contribution in [3.8, 4) is 23.0 Å². The average molecular weight is 290 g/mol. The van der Waals surface area contributed by atoms with Crippen LogP contribution in [0.15, 0.2) is 30.5 Å². The Hall–Kier alpha value is -2.63. The Labute approximate surface area is 123 Å². The normalized spacial score (nSPS) is 10.0. The number of pyridine rings is 1. The Balaban J connectivity index is 2.22. The lowest BCUT2D eigenvalue weighted by atomic mass is 10.2. The van der Waals surface area contributed by atoms with E-state index in [2.05, 4.69) is 4.98 Å². The molecule has 0 spiro atoms. The minimum Gasteiger partial charge on any atom is -0.493 e. The van der Waals surface area contributed by atoms with Crippen molar-refractivity contribution in [2.24, 2.45) is 0 Å². The molecule has 2 rings (SSSR count). The number of nitrogen functional groups attached to an aromatic ring is 1. The van der Waals surface area contributed by atoms with Gasteiger partial charge in [0, 0.05) is 24.0 Å². The molecule has 0 aliphatic carbocycles. The van der Waals surface area contributed by atoms with Gasteiger partial charge in [-0.3, -0.25) is 4.98 Å². The molecule has 0 radical (unpaired) electrons. The molecular weight excluding hydrogens is 272 g/mol. The predicted molar refractivity (Wildman–Crippen MR) is 79.1 cm³/mol. The van der Waals surface area contributed by atoms with Gasteiger partial charge in [0.25, 0.3) is 0 Å². The number of hydrogen-bond donors (Lipinski definition) is 1. The highest BCUT2D eigenvalue weighted by Gasteiger charge is 2.13. The topological polar surface area (TPSA) is 75.8 Å². The summed E-state index contributed by atoms with van der Waals surface area (Å²) in [6.07, 6.45) is 1.64. The van der Waals surface area contributed by atoms with Crippen molar-refractivity contribution >= 4 is 5.69 Å². The molecule has 112 valence electrons. The van der Waals surface area contributed by atoms with Gasteiger partial charge in [-0.25, -0.2) is 0 Å². The summed E-state index contributed by atoms with van der Waals surface area (Å²) in [4.78, 5) is 4.25. The standard InChI is InChI=1S/C15H18N2O4/c1-18-12-5-4-10(16)8-14(12)21-9-11-15(20-3)13(19-2)6-7-17-11/h4-8H,9,16H2,1-3H3. The maximum atomic E-state index is 5.76. The van der Waals surface area contributed by atoms with Gasteiger partial charge in [-0.1, -0.05) is 0 Å². The molecule has 0 saturated heterocycles. The molecular formula is C15H18N2O4. The van der Waals surface area contributed by atoms with E-state index in [4.69, 9.17) is 24.7 Å². The first-order valence-electron chi connectivity index (χ1n) is 6.31. The lowest BCUT2D eigenvalue weighted by Crippen LogP contribution is -2.04. The van der Waals surface area contributed by atoms with E-state index < -0.39 is 0 Å². The quantitative estimate of drug-likeness (QED) is 0.822. The number of hydrogen-bond acceptors (Lipinski definition) is 6. The molecule has 0 fully saturated rings. The number of ether oxygens (including phenoxy) is 4. The Morgan fingerprint density at radius 1 is 0.952 bits per heavy atom. The predicted octanol–water partition coefficient (Wildman–Crippen LogP) is 2.27. The van der Waals surface area contributed by atoms with Crippen LogP contribution >= 0.6 is 0 Å². The summed E-state index contributed by atoms with van der Waals surface area (Å²) >= 11 is 0. The molecule has 6 heteroatoms. The van der Waals surface area contributed by atoms with Crippen LogP contribution in [0.2, 0.25) is 0 Å². The summed E-state index contributed by atoms with van der Waals surface area (Å²) in [5, 5.41) is 0. The largest absolute Gasteiger partial charge is 0.493 e. The number of rotatable bonds is 6. The van der Waals surface area contributed by atoms with Gasteiger partial charge in [0.2, 0.25) is 0 Å². The van der Waals surface area contributed by atoms with Crippen LogP contribution in [0, 0.1) is 0 Å².